The topological polar surface area (TPSA) is 9.23 Å². The smallest absolute Gasteiger partial charge is 0.417 e. The monoisotopic (exact) mass is 278 g/mol. The largest absolute Gasteiger partial charge is 0.493 e. The van der Waals surface area contributed by atoms with E-state index in [0.29, 0.717) is 17.9 Å². The van der Waals surface area contributed by atoms with E-state index in [1.54, 1.807) is 18.2 Å². The molecule has 1 heterocycles. The summed E-state index contributed by atoms with van der Waals surface area (Å²) in [6.45, 7) is 0.554. The number of hydrogen-bond donors (Lipinski definition) is 0. The van der Waals surface area contributed by atoms with Crippen molar-refractivity contribution in [1.29, 1.82) is 0 Å². The number of alkyl halides is 3. The molecule has 0 bridgehead atoms. The van der Waals surface area contributed by atoms with Gasteiger partial charge < -0.3 is 4.74 Å². The summed E-state index contributed by atoms with van der Waals surface area (Å²) in [5.41, 5.74) is 1.06. The molecule has 3 rings (SSSR count). The molecular weight excluding hydrogens is 265 g/mol. The Hall–Kier alpha value is -1.97. The summed E-state index contributed by atoms with van der Waals surface area (Å²) in [7, 11) is 0. The molecule has 2 aromatic rings. The average molecular weight is 278 g/mol. The molecular formula is C16H13F3O. The number of aryl methyl sites for hydroxylation is 1. The highest BCUT2D eigenvalue weighted by Gasteiger charge is 2.34. The van der Waals surface area contributed by atoms with Gasteiger partial charge in [-0.15, -0.1) is 0 Å². The zero-order valence-corrected chi connectivity index (χ0v) is 10.7. The van der Waals surface area contributed by atoms with Gasteiger partial charge in [0.05, 0.1) is 12.2 Å². The van der Waals surface area contributed by atoms with Gasteiger partial charge in [-0.1, -0.05) is 36.4 Å². The van der Waals surface area contributed by atoms with Gasteiger partial charge in [0.1, 0.15) is 5.75 Å². The maximum atomic E-state index is 13.1. The SMILES string of the molecule is FC(F)(F)c1ccccc1-c1cccc2c1OCCC2. The summed E-state index contributed by atoms with van der Waals surface area (Å²) in [5, 5.41) is 0. The fraction of sp³-hybridized carbons (Fsp3) is 0.250. The molecule has 104 valence electrons. The van der Waals surface area contributed by atoms with Gasteiger partial charge in [-0.25, -0.2) is 0 Å². The predicted octanol–water partition coefficient (Wildman–Crippen LogP) is 4.70. The van der Waals surface area contributed by atoms with Crippen LogP contribution >= 0.6 is 0 Å². The highest BCUT2D eigenvalue weighted by atomic mass is 19.4. The van der Waals surface area contributed by atoms with Gasteiger partial charge in [0.15, 0.2) is 0 Å². The van der Waals surface area contributed by atoms with Gasteiger partial charge in [0.25, 0.3) is 0 Å². The third kappa shape index (κ3) is 2.26. The summed E-state index contributed by atoms with van der Waals surface area (Å²) in [4.78, 5) is 0. The van der Waals surface area contributed by atoms with Crippen LogP contribution < -0.4 is 4.74 Å². The second-order valence-electron chi connectivity index (χ2n) is 4.79. The van der Waals surface area contributed by atoms with E-state index >= 15 is 0 Å². The van der Waals surface area contributed by atoms with Crippen LogP contribution in [0.3, 0.4) is 0 Å². The number of rotatable bonds is 1. The Morgan fingerprint density at radius 2 is 1.65 bits per heavy atom. The number of hydrogen-bond acceptors (Lipinski definition) is 1. The molecule has 1 nitrogen and oxygen atoms in total. The average Bonchev–Trinajstić information content (AvgIpc) is 2.46. The third-order valence-electron chi connectivity index (χ3n) is 3.46. The normalized spacial score (nSPS) is 14.6. The van der Waals surface area contributed by atoms with Gasteiger partial charge >= 0.3 is 6.18 Å². The lowest BCUT2D eigenvalue weighted by Gasteiger charge is -2.22. The van der Waals surface area contributed by atoms with Crippen molar-refractivity contribution in [2.45, 2.75) is 19.0 Å². The zero-order chi connectivity index (χ0) is 14.2. The van der Waals surface area contributed by atoms with Crippen LogP contribution in [0.5, 0.6) is 5.75 Å². The van der Waals surface area contributed by atoms with E-state index in [-0.39, 0.29) is 5.56 Å². The molecule has 20 heavy (non-hydrogen) atoms. The maximum Gasteiger partial charge on any atom is 0.417 e. The molecule has 0 aliphatic carbocycles. The second kappa shape index (κ2) is 4.85. The van der Waals surface area contributed by atoms with Gasteiger partial charge in [-0.3, -0.25) is 0 Å². The second-order valence-corrected chi connectivity index (χ2v) is 4.79. The van der Waals surface area contributed by atoms with Crippen LogP contribution in [-0.2, 0) is 12.6 Å². The Balaban J connectivity index is 2.20. The standard InChI is InChI=1S/C16H13F3O/c17-16(18,19)14-9-2-1-7-12(14)13-8-3-5-11-6-4-10-20-15(11)13/h1-3,5,7-9H,4,6,10H2. The summed E-state index contributed by atoms with van der Waals surface area (Å²) in [5.74, 6) is 0.593. The van der Waals surface area contributed by atoms with Crippen molar-refractivity contribution >= 4 is 0 Å². The molecule has 0 aromatic heterocycles. The fourth-order valence-electron chi connectivity index (χ4n) is 2.57. The third-order valence-corrected chi connectivity index (χ3v) is 3.46. The van der Waals surface area contributed by atoms with Crippen molar-refractivity contribution < 1.29 is 17.9 Å². The molecule has 0 atom stereocenters. The van der Waals surface area contributed by atoms with Gasteiger partial charge in [-0.2, -0.15) is 13.2 Å². The van der Waals surface area contributed by atoms with E-state index in [4.69, 9.17) is 4.74 Å². The molecule has 0 amide bonds. The number of halogens is 3. The van der Waals surface area contributed by atoms with Crippen molar-refractivity contribution in [3.63, 3.8) is 0 Å². The Morgan fingerprint density at radius 1 is 0.900 bits per heavy atom. The summed E-state index contributed by atoms with van der Waals surface area (Å²) < 4.78 is 45.0. The first kappa shape index (κ1) is 13.0. The summed E-state index contributed by atoms with van der Waals surface area (Å²) in [6, 6.07) is 11.0. The van der Waals surface area contributed by atoms with Gasteiger partial charge in [-0.05, 0) is 30.0 Å². The molecule has 1 aliphatic heterocycles. The molecule has 0 radical (unpaired) electrons. The first-order valence-electron chi connectivity index (χ1n) is 6.48. The van der Waals surface area contributed by atoms with E-state index in [1.807, 2.05) is 6.07 Å². The summed E-state index contributed by atoms with van der Waals surface area (Å²) in [6.07, 6.45) is -2.62. The Labute approximate surface area is 115 Å². The minimum atomic E-state index is -4.37. The minimum absolute atomic E-state index is 0.179. The first-order chi connectivity index (χ1) is 9.57. The van der Waals surface area contributed by atoms with Crippen molar-refractivity contribution in [3.05, 3.63) is 53.6 Å². The van der Waals surface area contributed by atoms with E-state index in [9.17, 15) is 13.2 Å². The fourth-order valence-corrected chi connectivity index (χ4v) is 2.57. The maximum absolute atomic E-state index is 13.1. The quantitative estimate of drug-likeness (QED) is 0.734. The lowest BCUT2D eigenvalue weighted by molar-refractivity contribution is -0.137. The Kier molecular flexibility index (Phi) is 3.16. The first-order valence-corrected chi connectivity index (χ1v) is 6.48. The van der Waals surface area contributed by atoms with E-state index in [1.165, 1.54) is 12.1 Å². The van der Waals surface area contributed by atoms with Gasteiger partial charge in [0.2, 0.25) is 0 Å². The molecule has 0 fully saturated rings. The van der Waals surface area contributed by atoms with Crippen molar-refractivity contribution in [3.8, 4) is 16.9 Å². The lowest BCUT2D eigenvalue weighted by atomic mass is 9.94. The molecule has 1 aliphatic rings. The van der Waals surface area contributed by atoms with Crippen molar-refractivity contribution in [2.24, 2.45) is 0 Å². The minimum Gasteiger partial charge on any atom is -0.493 e. The number of benzene rings is 2. The number of para-hydroxylation sites is 1. The number of fused-ring (bicyclic) bond motifs is 1. The molecule has 0 N–H and O–H groups in total. The van der Waals surface area contributed by atoms with Crippen LogP contribution in [0.25, 0.3) is 11.1 Å². The van der Waals surface area contributed by atoms with Crippen LogP contribution in [0, 0.1) is 0 Å². The molecule has 0 unspecified atom stereocenters. The van der Waals surface area contributed by atoms with Crippen molar-refractivity contribution in [1.82, 2.24) is 0 Å². The highest BCUT2D eigenvalue weighted by Crippen LogP contribution is 2.42. The van der Waals surface area contributed by atoms with Crippen LogP contribution in [0.15, 0.2) is 42.5 Å². The summed E-state index contributed by atoms with van der Waals surface area (Å²) >= 11 is 0. The molecule has 2 aromatic carbocycles. The van der Waals surface area contributed by atoms with Crippen LogP contribution in [0.4, 0.5) is 13.2 Å². The number of ether oxygens (including phenoxy) is 1. The zero-order valence-electron chi connectivity index (χ0n) is 10.7. The van der Waals surface area contributed by atoms with E-state index in [0.717, 1.165) is 24.5 Å². The van der Waals surface area contributed by atoms with Crippen LogP contribution in [0.2, 0.25) is 0 Å². The predicted molar refractivity (Wildman–Crippen MR) is 70.7 cm³/mol. The lowest BCUT2D eigenvalue weighted by Crippen LogP contribution is -2.11. The van der Waals surface area contributed by atoms with E-state index < -0.39 is 11.7 Å². The van der Waals surface area contributed by atoms with Crippen molar-refractivity contribution in [2.75, 3.05) is 6.61 Å². The van der Waals surface area contributed by atoms with Crippen LogP contribution in [-0.4, -0.2) is 6.61 Å². The van der Waals surface area contributed by atoms with Gasteiger partial charge in [0, 0.05) is 5.56 Å². The van der Waals surface area contributed by atoms with Crippen LogP contribution in [0.1, 0.15) is 17.5 Å². The molecule has 4 heteroatoms. The Morgan fingerprint density at radius 3 is 2.45 bits per heavy atom. The molecule has 0 saturated heterocycles. The highest BCUT2D eigenvalue weighted by molar-refractivity contribution is 5.75. The van der Waals surface area contributed by atoms with E-state index in [2.05, 4.69) is 0 Å². The molecule has 0 saturated carbocycles. The Bertz CT molecular complexity index is 632. The molecule has 0 spiro atoms.